The van der Waals surface area contributed by atoms with Gasteiger partial charge in [0.05, 0.1) is 0 Å². The van der Waals surface area contributed by atoms with Gasteiger partial charge in [0, 0.05) is 21.5 Å². The lowest BCUT2D eigenvalue weighted by Gasteiger charge is -2.33. The summed E-state index contributed by atoms with van der Waals surface area (Å²) in [6.45, 7) is 9.98. The van der Waals surface area contributed by atoms with Crippen LogP contribution in [0.25, 0.3) is 0 Å². The zero-order chi connectivity index (χ0) is 21.9. The molecule has 1 N–H and O–H groups in total. The van der Waals surface area contributed by atoms with Gasteiger partial charge < -0.3 is 5.32 Å². The van der Waals surface area contributed by atoms with Crippen molar-refractivity contribution in [3.63, 3.8) is 0 Å². The number of nitrogens with zero attached hydrogens (tertiary/aromatic N) is 3. The van der Waals surface area contributed by atoms with Crippen molar-refractivity contribution in [3.05, 3.63) is 62.8 Å². The molecule has 8 heteroatoms. The quantitative estimate of drug-likeness (QED) is 0.564. The predicted molar refractivity (Wildman–Crippen MR) is 122 cm³/mol. The number of thiophene rings is 1. The Morgan fingerprint density at radius 3 is 2.53 bits per heavy atom. The number of hydrogen-bond donors (Lipinski definition) is 1. The highest BCUT2D eigenvalue weighted by Gasteiger charge is 2.37. The van der Waals surface area contributed by atoms with Crippen molar-refractivity contribution in [3.8, 4) is 0 Å². The number of aryl methyl sites for hydroxylation is 2. The highest BCUT2D eigenvalue weighted by molar-refractivity contribution is 7.10. The van der Waals surface area contributed by atoms with Crippen molar-refractivity contribution < 1.29 is 9.59 Å². The number of carbonyl (C=O) groups excluding carboxylic acids is 2. The van der Waals surface area contributed by atoms with E-state index in [1.807, 2.05) is 70.3 Å². The Morgan fingerprint density at radius 2 is 1.97 bits per heavy atom. The summed E-state index contributed by atoms with van der Waals surface area (Å²) in [5.74, 6) is -0.575. The van der Waals surface area contributed by atoms with Crippen molar-refractivity contribution >= 4 is 40.4 Å². The van der Waals surface area contributed by atoms with E-state index in [2.05, 4.69) is 14.9 Å². The molecule has 1 unspecified atom stereocenters. The number of nitrogens with one attached hydrogen (secondary N) is 1. The van der Waals surface area contributed by atoms with Crippen LogP contribution in [0.2, 0.25) is 0 Å². The van der Waals surface area contributed by atoms with Crippen LogP contribution in [-0.4, -0.2) is 26.9 Å². The molecule has 0 radical (unpaired) electrons. The van der Waals surface area contributed by atoms with Crippen LogP contribution in [-0.2, 0) is 4.79 Å². The topological polar surface area (TPSA) is 75.2 Å². The zero-order valence-corrected chi connectivity index (χ0v) is 19.4. The Kier molecular flexibility index (Phi) is 6.67. The third kappa shape index (κ3) is 4.76. The van der Waals surface area contributed by atoms with E-state index in [9.17, 15) is 9.59 Å². The van der Waals surface area contributed by atoms with E-state index in [0.717, 1.165) is 34.0 Å². The summed E-state index contributed by atoms with van der Waals surface area (Å²) >= 11 is 2.56. The van der Waals surface area contributed by atoms with E-state index in [-0.39, 0.29) is 17.5 Å². The summed E-state index contributed by atoms with van der Waals surface area (Å²) in [5.41, 5.74) is 2.64. The van der Waals surface area contributed by atoms with Crippen LogP contribution in [0.3, 0.4) is 0 Å². The lowest BCUT2D eigenvalue weighted by atomic mass is 10.0. The molecule has 2 aromatic heterocycles. The molecule has 2 heterocycles. The second kappa shape index (κ2) is 9.06. The number of aromatic nitrogens is 2. The van der Waals surface area contributed by atoms with Crippen molar-refractivity contribution in [1.29, 1.82) is 0 Å². The van der Waals surface area contributed by atoms with Crippen molar-refractivity contribution in [2.45, 2.75) is 52.6 Å². The van der Waals surface area contributed by atoms with Crippen molar-refractivity contribution in [2.75, 3.05) is 4.90 Å². The van der Waals surface area contributed by atoms with Gasteiger partial charge in [0.2, 0.25) is 5.91 Å². The van der Waals surface area contributed by atoms with Gasteiger partial charge in [-0.05, 0) is 80.4 Å². The summed E-state index contributed by atoms with van der Waals surface area (Å²) in [6, 6.07) is 8.73. The van der Waals surface area contributed by atoms with E-state index in [1.54, 1.807) is 5.38 Å². The van der Waals surface area contributed by atoms with Gasteiger partial charge >= 0.3 is 0 Å². The van der Waals surface area contributed by atoms with Gasteiger partial charge in [-0.25, -0.2) is 0 Å². The molecule has 1 atom stereocenters. The van der Waals surface area contributed by atoms with Crippen LogP contribution in [0, 0.1) is 13.8 Å². The largest absolute Gasteiger partial charge is 0.349 e. The van der Waals surface area contributed by atoms with E-state index in [0.29, 0.717) is 5.69 Å². The fraction of sp³-hybridized carbons (Fsp3) is 0.364. The molecular weight excluding hydrogens is 416 g/mol. The lowest BCUT2D eigenvalue weighted by molar-refractivity contribution is -0.124. The molecule has 0 saturated heterocycles. The normalized spacial score (nSPS) is 12.4. The van der Waals surface area contributed by atoms with Crippen LogP contribution < -0.4 is 10.2 Å². The summed E-state index contributed by atoms with van der Waals surface area (Å²) < 4.78 is 3.84. The second-order valence-corrected chi connectivity index (χ2v) is 9.47. The Balaban J connectivity index is 2.14. The molecule has 2 amide bonds. The maximum absolute atomic E-state index is 13.5. The standard InChI is InChI=1S/C22H26N4O2S2/c1-6-22(4,5)23-20(27)19(18-8-7-11-29-18)26(21(28)17-13-30-25-24-17)16-10-9-14(2)15(3)12-16/h7-13,19H,6H2,1-5H3,(H,23,27). The summed E-state index contributed by atoms with van der Waals surface area (Å²) in [7, 11) is 0. The van der Waals surface area contributed by atoms with Gasteiger partial charge in [-0.1, -0.05) is 23.5 Å². The highest BCUT2D eigenvalue weighted by Crippen LogP contribution is 2.33. The highest BCUT2D eigenvalue weighted by atomic mass is 32.1. The summed E-state index contributed by atoms with van der Waals surface area (Å²) in [5, 5.41) is 10.6. The number of amides is 2. The molecular formula is C22H26N4O2S2. The fourth-order valence-electron chi connectivity index (χ4n) is 2.95. The van der Waals surface area contributed by atoms with E-state index in [1.165, 1.54) is 16.2 Å². The average molecular weight is 443 g/mol. The first-order chi connectivity index (χ1) is 14.2. The molecule has 0 aliphatic rings. The third-order valence-electron chi connectivity index (χ3n) is 5.23. The van der Waals surface area contributed by atoms with Gasteiger partial charge in [0.15, 0.2) is 11.7 Å². The Labute approximate surface area is 185 Å². The first-order valence-electron chi connectivity index (χ1n) is 9.77. The molecule has 0 saturated carbocycles. The fourth-order valence-corrected chi connectivity index (χ4v) is 4.19. The SMILES string of the molecule is CCC(C)(C)NC(=O)C(c1cccs1)N(C(=O)c1csnn1)c1ccc(C)c(C)c1. The minimum atomic E-state index is -0.813. The molecule has 0 fully saturated rings. The van der Waals surface area contributed by atoms with Gasteiger partial charge in [0.1, 0.15) is 0 Å². The van der Waals surface area contributed by atoms with Gasteiger partial charge in [0.25, 0.3) is 5.91 Å². The van der Waals surface area contributed by atoms with Crippen molar-refractivity contribution in [2.24, 2.45) is 0 Å². The molecule has 1 aromatic carbocycles. The van der Waals surface area contributed by atoms with Crippen molar-refractivity contribution in [1.82, 2.24) is 14.9 Å². The number of benzene rings is 1. The first kappa shape index (κ1) is 22.1. The van der Waals surface area contributed by atoms with Gasteiger partial charge in [-0.3, -0.25) is 14.5 Å². The van der Waals surface area contributed by atoms with E-state index < -0.39 is 11.6 Å². The molecule has 3 rings (SSSR count). The first-order valence-corrected chi connectivity index (χ1v) is 11.5. The van der Waals surface area contributed by atoms with Crippen LogP contribution in [0.15, 0.2) is 41.1 Å². The molecule has 3 aromatic rings. The lowest BCUT2D eigenvalue weighted by Crippen LogP contribution is -2.50. The van der Waals surface area contributed by atoms with Gasteiger partial charge in [-0.15, -0.1) is 16.4 Å². The molecule has 0 bridgehead atoms. The molecule has 0 spiro atoms. The monoisotopic (exact) mass is 442 g/mol. The number of rotatable bonds is 7. The minimum Gasteiger partial charge on any atom is -0.349 e. The van der Waals surface area contributed by atoms with Crippen LogP contribution >= 0.6 is 22.9 Å². The maximum Gasteiger partial charge on any atom is 0.280 e. The van der Waals surface area contributed by atoms with Crippen LogP contribution in [0.5, 0.6) is 0 Å². The number of hydrogen-bond acceptors (Lipinski definition) is 6. The van der Waals surface area contributed by atoms with Gasteiger partial charge in [-0.2, -0.15) is 0 Å². The average Bonchev–Trinajstić information content (AvgIpc) is 3.41. The Morgan fingerprint density at radius 1 is 1.20 bits per heavy atom. The van der Waals surface area contributed by atoms with Crippen LogP contribution in [0.4, 0.5) is 5.69 Å². The van der Waals surface area contributed by atoms with E-state index in [4.69, 9.17) is 0 Å². The van der Waals surface area contributed by atoms with Crippen LogP contribution in [0.1, 0.15) is 59.7 Å². The molecule has 30 heavy (non-hydrogen) atoms. The molecule has 6 nitrogen and oxygen atoms in total. The second-order valence-electron chi connectivity index (χ2n) is 7.88. The Bertz CT molecular complexity index is 1010. The molecule has 0 aliphatic heterocycles. The summed E-state index contributed by atoms with van der Waals surface area (Å²) in [4.78, 5) is 29.4. The Hall–Kier alpha value is -2.58. The molecule has 158 valence electrons. The maximum atomic E-state index is 13.5. The molecule has 0 aliphatic carbocycles. The predicted octanol–water partition coefficient (Wildman–Crippen LogP) is 4.91. The smallest absolute Gasteiger partial charge is 0.280 e. The zero-order valence-electron chi connectivity index (χ0n) is 17.8. The summed E-state index contributed by atoms with van der Waals surface area (Å²) in [6.07, 6.45) is 0.767. The van der Waals surface area contributed by atoms with E-state index >= 15 is 0 Å². The number of carbonyl (C=O) groups is 2. The minimum absolute atomic E-state index is 0.223. The third-order valence-corrected chi connectivity index (χ3v) is 6.66. The number of anilines is 1.